The first kappa shape index (κ1) is 19.3. The second-order valence-corrected chi connectivity index (χ2v) is 7.41. The van der Waals surface area contributed by atoms with Crippen molar-refractivity contribution in [2.45, 2.75) is 4.90 Å². The van der Waals surface area contributed by atoms with Crippen molar-refractivity contribution in [2.75, 3.05) is 24.7 Å². The molecule has 0 atom stereocenters. The van der Waals surface area contributed by atoms with Crippen molar-refractivity contribution < 1.29 is 22.5 Å². The summed E-state index contributed by atoms with van der Waals surface area (Å²) in [5.41, 5.74) is 0.0473. The smallest absolute Gasteiger partial charge is 0.293 e. The number of sulfone groups is 1. The number of rotatable bonds is 7. The third kappa shape index (κ3) is 4.99. The van der Waals surface area contributed by atoms with Crippen LogP contribution in [0, 0.1) is 15.9 Å². The van der Waals surface area contributed by atoms with Crippen molar-refractivity contribution >= 4 is 27.1 Å². The molecule has 0 aromatic heterocycles. The standard InChI is InChI=1S/C16H16FN3O5S/c1-26(24,25)13-6-7-14(15(10-13)20(22)23)18-8-9-19-16(21)11-2-4-12(17)5-3-11/h2-7,10,18H,8-9H2,1H3,(H,19,21). The van der Waals surface area contributed by atoms with E-state index in [1.54, 1.807) is 0 Å². The van der Waals surface area contributed by atoms with Gasteiger partial charge in [-0.1, -0.05) is 0 Å². The molecular formula is C16H16FN3O5S. The van der Waals surface area contributed by atoms with Crippen LogP contribution in [0.15, 0.2) is 47.4 Å². The summed E-state index contributed by atoms with van der Waals surface area (Å²) in [6, 6.07) is 8.56. The summed E-state index contributed by atoms with van der Waals surface area (Å²) in [7, 11) is -3.56. The van der Waals surface area contributed by atoms with Crippen LogP contribution in [0.3, 0.4) is 0 Å². The van der Waals surface area contributed by atoms with Crippen LogP contribution < -0.4 is 10.6 Å². The Balaban J connectivity index is 1.98. The van der Waals surface area contributed by atoms with Crippen LogP contribution in [0.2, 0.25) is 0 Å². The van der Waals surface area contributed by atoms with Crippen molar-refractivity contribution in [3.63, 3.8) is 0 Å². The average Bonchev–Trinajstić information content (AvgIpc) is 2.58. The van der Waals surface area contributed by atoms with Crippen LogP contribution in [0.4, 0.5) is 15.8 Å². The quantitative estimate of drug-likeness (QED) is 0.430. The number of carbonyl (C=O) groups excluding carboxylic acids is 1. The average molecular weight is 381 g/mol. The first-order valence-electron chi connectivity index (χ1n) is 7.44. The molecule has 2 aromatic rings. The highest BCUT2D eigenvalue weighted by Crippen LogP contribution is 2.27. The fraction of sp³-hybridized carbons (Fsp3) is 0.188. The molecule has 0 aliphatic carbocycles. The Labute approximate surface area is 149 Å². The summed E-state index contributed by atoms with van der Waals surface area (Å²) in [6.07, 6.45) is 0.962. The van der Waals surface area contributed by atoms with Gasteiger partial charge in [-0.25, -0.2) is 12.8 Å². The molecule has 2 rings (SSSR count). The molecule has 0 fully saturated rings. The molecule has 138 valence electrons. The molecule has 2 aromatic carbocycles. The Kier molecular flexibility index (Phi) is 5.88. The van der Waals surface area contributed by atoms with E-state index in [1.807, 2.05) is 0 Å². The molecule has 0 aliphatic heterocycles. The zero-order valence-electron chi connectivity index (χ0n) is 13.7. The van der Waals surface area contributed by atoms with Gasteiger partial charge in [0.1, 0.15) is 11.5 Å². The molecule has 0 heterocycles. The predicted molar refractivity (Wildman–Crippen MR) is 93.4 cm³/mol. The van der Waals surface area contributed by atoms with Gasteiger partial charge in [-0.05, 0) is 36.4 Å². The van der Waals surface area contributed by atoms with E-state index in [0.29, 0.717) is 0 Å². The van der Waals surface area contributed by atoms with Crippen LogP contribution >= 0.6 is 0 Å². The van der Waals surface area contributed by atoms with Gasteiger partial charge in [-0.3, -0.25) is 14.9 Å². The highest BCUT2D eigenvalue weighted by molar-refractivity contribution is 7.90. The van der Waals surface area contributed by atoms with E-state index in [0.717, 1.165) is 12.3 Å². The topological polar surface area (TPSA) is 118 Å². The van der Waals surface area contributed by atoms with Crippen molar-refractivity contribution in [1.29, 1.82) is 0 Å². The normalized spacial score (nSPS) is 11.0. The van der Waals surface area contributed by atoms with E-state index in [2.05, 4.69) is 10.6 Å². The highest BCUT2D eigenvalue weighted by Gasteiger charge is 2.18. The minimum atomic E-state index is -3.56. The van der Waals surface area contributed by atoms with Gasteiger partial charge >= 0.3 is 0 Å². The second kappa shape index (κ2) is 7.91. The lowest BCUT2D eigenvalue weighted by atomic mass is 10.2. The Morgan fingerprint density at radius 2 is 1.81 bits per heavy atom. The summed E-state index contributed by atoms with van der Waals surface area (Å²) in [5.74, 6) is -0.859. The number of nitrogens with one attached hydrogen (secondary N) is 2. The van der Waals surface area contributed by atoms with Crippen molar-refractivity contribution in [1.82, 2.24) is 5.32 Å². The van der Waals surface area contributed by atoms with E-state index >= 15 is 0 Å². The molecule has 0 saturated carbocycles. The number of benzene rings is 2. The number of amides is 1. The van der Waals surface area contributed by atoms with Crippen molar-refractivity contribution in [3.05, 3.63) is 64.0 Å². The maximum atomic E-state index is 12.8. The van der Waals surface area contributed by atoms with Crippen LogP contribution in [-0.4, -0.2) is 38.6 Å². The van der Waals surface area contributed by atoms with Gasteiger partial charge in [0.2, 0.25) is 0 Å². The van der Waals surface area contributed by atoms with Crippen molar-refractivity contribution in [2.24, 2.45) is 0 Å². The summed E-state index contributed by atoms with van der Waals surface area (Å²) in [6.45, 7) is 0.327. The minimum absolute atomic E-state index is 0.137. The maximum absolute atomic E-state index is 12.8. The van der Waals surface area contributed by atoms with Crippen LogP contribution in [0.1, 0.15) is 10.4 Å². The van der Waals surface area contributed by atoms with E-state index in [1.165, 1.54) is 36.4 Å². The van der Waals surface area contributed by atoms with Gasteiger partial charge in [0.15, 0.2) is 9.84 Å². The van der Waals surface area contributed by atoms with Gasteiger partial charge in [-0.15, -0.1) is 0 Å². The number of carbonyl (C=O) groups is 1. The first-order valence-corrected chi connectivity index (χ1v) is 9.34. The van der Waals surface area contributed by atoms with E-state index in [4.69, 9.17) is 0 Å². The van der Waals surface area contributed by atoms with Crippen LogP contribution in [0.25, 0.3) is 0 Å². The molecule has 0 unspecified atom stereocenters. The number of anilines is 1. The zero-order valence-corrected chi connectivity index (χ0v) is 14.5. The van der Waals surface area contributed by atoms with E-state index < -0.39 is 26.5 Å². The summed E-state index contributed by atoms with van der Waals surface area (Å²) < 4.78 is 35.8. The third-order valence-corrected chi connectivity index (χ3v) is 4.54. The maximum Gasteiger partial charge on any atom is 0.293 e. The largest absolute Gasteiger partial charge is 0.378 e. The molecular weight excluding hydrogens is 365 g/mol. The minimum Gasteiger partial charge on any atom is -0.378 e. The number of nitrogens with zero attached hydrogens (tertiary/aromatic N) is 1. The molecule has 1 amide bonds. The Morgan fingerprint density at radius 3 is 2.38 bits per heavy atom. The lowest BCUT2D eigenvalue weighted by Crippen LogP contribution is -2.28. The second-order valence-electron chi connectivity index (χ2n) is 5.40. The van der Waals surface area contributed by atoms with Gasteiger partial charge < -0.3 is 10.6 Å². The van der Waals surface area contributed by atoms with Gasteiger partial charge in [0.05, 0.1) is 9.82 Å². The molecule has 10 heteroatoms. The van der Waals surface area contributed by atoms with Crippen LogP contribution in [0.5, 0.6) is 0 Å². The Morgan fingerprint density at radius 1 is 1.15 bits per heavy atom. The summed E-state index contributed by atoms with van der Waals surface area (Å²) in [5, 5.41) is 16.5. The lowest BCUT2D eigenvalue weighted by Gasteiger charge is -2.09. The third-order valence-electron chi connectivity index (χ3n) is 3.43. The number of nitro groups is 1. The fourth-order valence-corrected chi connectivity index (χ4v) is 2.76. The number of hydrogen-bond donors (Lipinski definition) is 2. The first-order chi connectivity index (χ1) is 12.2. The molecule has 0 aliphatic rings. The Bertz CT molecular complexity index is 929. The number of nitro benzene ring substituents is 1. The number of hydrogen-bond acceptors (Lipinski definition) is 6. The molecule has 0 radical (unpaired) electrons. The molecule has 8 nitrogen and oxygen atoms in total. The highest BCUT2D eigenvalue weighted by atomic mass is 32.2. The number of halogens is 1. The fourth-order valence-electron chi connectivity index (χ4n) is 2.12. The van der Waals surface area contributed by atoms with Crippen LogP contribution in [-0.2, 0) is 9.84 Å². The summed E-state index contributed by atoms with van der Waals surface area (Å²) in [4.78, 5) is 22.1. The molecule has 0 bridgehead atoms. The predicted octanol–water partition coefficient (Wildman–Crippen LogP) is 1.98. The van der Waals surface area contributed by atoms with Gasteiger partial charge in [-0.2, -0.15) is 0 Å². The molecule has 2 N–H and O–H groups in total. The summed E-state index contributed by atoms with van der Waals surface area (Å²) >= 11 is 0. The molecule has 0 spiro atoms. The van der Waals surface area contributed by atoms with E-state index in [9.17, 15) is 27.7 Å². The van der Waals surface area contributed by atoms with E-state index in [-0.39, 0.29) is 34.9 Å². The SMILES string of the molecule is CS(=O)(=O)c1ccc(NCCNC(=O)c2ccc(F)cc2)c([N+](=O)[O-])c1. The van der Waals surface area contributed by atoms with Gasteiger partial charge in [0, 0.05) is 31.0 Å². The lowest BCUT2D eigenvalue weighted by molar-refractivity contribution is -0.384. The zero-order chi connectivity index (χ0) is 19.3. The van der Waals surface area contributed by atoms with Crippen molar-refractivity contribution in [3.8, 4) is 0 Å². The monoisotopic (exact) mass is 381 g/mol. The molecule has 26 heavy (non-hydrogen) atoms. The Hall–Kier alpha value is -3.01. The van der Waals surface area contributed by atoms with Gasteiger partial charge in [0.25, 0.3) is 11.6 Å². The molecule has 0 saturated heterocycles.